The van der Waals surface area contributed by atoms with E-state index in [0.29, 0.717) is 0 Å². The molecule has 4 nitrogen and oxygen atoms in total. The van der Waals surface area contributed by atoms with E-state index in [9.17, 15) is 5.11 Å². The van der Waals surface area contributed by atoms with Crippen molar-refractivity contribution < 1.29 is 10.2 Å². The molecule has 0 saturated carbocycles. The Labute approximate surface area is 93.8 Å². The lowest BCUT2D eigenvalue weighted by Gasteiger charge is -2.07. The van der Waals surface area contributed by atoms with E-state index in [0.717, 1.165) is 23.4 Å². The van der Waals surface area contributed by atoms with Gasteiger partial charge in [-0.3, -0.25) is 0 Å². The number of nitrogens with zero attached hydrogens (tertiary/aromatic N) is 2. The molecule has 16 heavy (non-hydrogen) atoms. The van der Waals surface area contributed by atoms with Crippen molar-refractivity contribution in [2.75, 3.05) is 0 Å². The number of aliphatic hydroxyl groups is 1. The van der Waals surface area contributed by atoms with Crippen molar-refractivity contribution in [3.05, 3.63) is 41.7 Å². The van der Waals surface area contributed by atoms with Crippen LogP contribution in [0.4, 0.5) is 0 Å². The van der Waals surface area contributed by atoms with Gasteiger partial charge in [0.2, 0.25) is 0 Å². The second-order valence-electron chi connectivity index (χ2n) is 3.56. The second kappa shape index (κ2) is 4.37. The zero-order chi connectivity index (χ0) is 11.5. The second-order valence-corrected chi connectivity index (χ2v) is 3.56. The molecular weight excluding hydrogens is 204 g/mol. The highest BCUT2D eigenvalue weighted by atomic mass is 16.3. The number of phenolic OH excluding ortho intramolecular Hbond substituents is 1. The molecule has 84 valence electrons. The molecule has 0 amide bonds. The molecule has 1 aromatic carbocycles. The van der Waals surface area contributed by atoms with Gasteiger partial charge in [0.05, 0.1) is 18.5 Å². The summed E-state index contributed by atoms with van der Waals surface area (Å²) in [5.41, 5.74) is 2.72. The van der Waals surface area contributed by atoms with Crippen LogP contribution in [0.25, 0.3) is 5.69 Å². The molecule has 2 N–H and O–H groups in total. The fourth-order valence-corrected chi connectivity index (χ4v) is 1.73. The quantitative estimate of drug-likeness (QED) is 0.823. The first-order chi connectivity index (χ1) is 7.76. The minimum atomic E-state index is 0.00125. The number of benzene rings is 1. The fourth-order valence-electron chi connectivity index (χ4n) is 1.73. The Morgan fingerprint density at radius 1 is 1.25 bits per heavy atom. The van der Waals surface area contributed by atoms with Crippen LogP contribution in [-0.2, 0) is 13.0 Å². The fraction of sp³-hybridized carbons (Fsp3) is 0.250. The summed E-state index contributed by atoms with van der Waals surface area (Å²) in [6.45, 7) is 2.02. The third-order valence-corrected chi connectivity index (χ3v) is 2.55. The van der Waals surface area contributed by atoms with Gasteiger partial charge in [0.15, 0.2) is 0 Å². The van der Waals surface area contributed by atoms with Gasteiger partial charge in [0.25, 0.3) is 0 Å². The third kappa shape index (κ3) is 1.79. The summed E-state index contributed by atoms with van der Waals surface area (Å²) in [6.07, 6.45) is 2.47. The standard InChI is InChI=1S/C12H14N2O2/c1-2-12-9(8-15)7-13-14(12)10-3-5-11(16)6-4-10/h3-7,15-16H,2,8H2,1H3. The van der Waals surface area contributed by atoms with Gasteiger partial charge < -0.3 is 10.2 Å². The Bertz CT molecular complexity index is 474. The van der Waals surface area contributed by atoms with Gasteiger partial charge >= 0.3 is 0 Å². The largest absolute Gasteiger partial charge is 0.508 e. The molecule has 1 heterocycles. The average molecular weight is 218 g/mol. The zero-order valence-corrected chi connectivity index (χ0v) is 9.09. The van der Waals surface area contributed by atoms with E-state index in [1.54, 1.807) is 35.1 Å². The Kier molecular flexibility index (Phi) is 2.92. The number of rotatable bonds is 3. The SMILES string of the molecule is CCc1c(CO)cnn1-c1ccc(O)cc1. The lowest BCUT2D eigenvalue weighted by atomic mass is 10.2. The molecular formula is C12H14N2O2. The van der Waals surface area contributed by atoms with E-state index in [-0.39, 0.29) is 12.4 Å². The van der Waals surface area contributed by atoms with Crippen molar-refractivity contribution in [2.24, 2.45) is 0 Å². The minimum Gasteiger partial charge on any atom is -0.508 e. The molecule has 1 aromatic heterocycles. The van der Waals surface area contributed by atoms with E-state index in [1.807, 2.05) is 6.92 Å². The van der Waals surface area contributed by atoms with Crippen molar-refractivity contribution in [1.29, 1.82) is 0 Å². The Morgan fingerprint density at radius 2 is 1.94 bits per heavy atom. The molecule has 0 aliphatic rings. The molecule has 0 bridgehead atoms. The summed E-state index contributed by atoms with van der Waals surface area (Å²) in [7, 11) is 0. The molecule has 0 aliphatic carbocycles. The van der Waals surface area contributed by atoms with Crippen LogP contribution in [0.15, 0.2) is 30.5 Å². The molecule has 0 atom stereocenters. The van der Waals surface area contributed by atoms with Crippen LogP contribution in [0.2, 0.25) is 0 Å². The van der Waals surface area contributed by atoms with Crippen molar-refractivity contribution in [3.8, 4) is 11.4 Å². The molecule has 0 radical (unpaired) electrons. The van der Waals surface area contributed by atoms with Crippen LogP contribution in [-0.4, -0.2) is 20.0 Å². The summed E-state index contributed by atoms with van der Waals surface area (Å²) in [6, 6.07) is 6.83. The summed E-state index contributed by atoms with van der Waals surface area (Å²) < 4.78 is 1.78. The summed E-state index contributed by atoms with van der Waals surface area (Å²) in [5.74, 6) is 0.233. The zero-order valence-electron chi connectivity index (χ0n) is 9.09. The number of phenols is 1. The molecule has 4 heteroatoms. The number of aliphatic hydroxyl groups excluding tert-OH is 1. The lowest BCUT2D eigenvalue weighted by molar-refractivity contribution is 0.280. The van der Waals surface area contributed by atoms with Crippen molar-refractivity contribution in [3.63, 3.8) is 0 Å². The maximum absolute atomic E-state index is 9.21. The van der Waals surface area contributed by atoms with Gasteiger partial charge in [-0.25, -0.2) is 4.68 Å². The molecule has 2 aromatic rings. The summed E-state index contributed by atoms with van der Waals surface area (Å²) in [4.78, 5) is 0. The van der Waals surface area contributed by atoms with Gasteiger partial charge in [-0.1, -0.05) is 6.92 Å². The van der Waals surface area contributed by atoms with E-state index >= 15 is 0 Å². The normalized spacial score (nSPS) is 10.6. The van der Waals surface area contributed by atoms with Crippen LogP contribution in [0, 0.1) is 0 Å². The van der Waals surface area contributed by atoms with Crippen LogP contribution in [0.1, 0.15) is 18.2 Å². The van der Waals surface area contributed by atoms with Crippen molar-refractivity contribution in [1.82, 2.24) is 9.78 Å². The van der Waals surface area contributed by atoms with Crippen LogP contribution >= 0.6 is 0 Å². The van der Waals surface area contributed by atoms with Gasteiger partial charge in [0, 0.05) is 11.3 Å². The Morgan fingerprint density at radius 3 is 2.50 bits per heavy atom. The maximum Gasteiger partial charge on any atom is 0.115 e. The van der Waals surface area contributed by atoms with Crippen LogP contribution < -0.4 is 0 Å². The molecule has 2 rings (SSSR count). The molecule has 0 saturated heterocycles. The average Bonchev–Trinajstić information content (AvgIpc) is 2.72. The highest BCUT2D eigenvalue weighted by Gasteiger charge is 2.09. The van der Waals surface area contributed by atoms with Gasteiger partial charge in [-0.15, -0.1) is 0 Å². The predicted molar refractivity (Wildman–Crippen MR) is 60.5 cm³/mol. The summed E-state index contributed by atoms with van der Waals surface area (Å²) in [5, 5.41) is 22.6. The number of hydrogen-bond donors (Lipinski definition) is 2. The number of aromatic nitrogens is 2. The van der Waals surface area contributed by atoms with Crippen molar-refractivity contribution in [2.45, 2.75) is 20.0 Å². The first kappa shape index (κ1) is 10.7. The van der Waals surface area contributed by atoms with Gasteiger partial charge in [-0.05, 0) is 30.7 Å². The molecule has 0 spiro atoms. The van der Waals surface area contributed by atoms with Gasteiger partial charge in [-0.2, -0.15) is 5.10 Å². The lowest BCUT2D eigenvalue weighted by Crippen LogP contribution is -2.02. The Balaban J connectivity index is 2.47. The molecule has 0 aliphatic heterocycles. The number of hydrogen-bond acceptors (Lipinski definition) is 3. The van der Waals surface area contributed by atoms with E-state index in [2.05, 4.69) is 5.10 Å². The third-order valence-electron chi connectivity index (χ3n) is 2.55. The van der Waals surface area contributed by atoms with Crippen molar-refractivity contribution >= 4 is 0 Å². The highest BCUT2D eigenvalue weighted by molar-refractivity contribution is 5.38. The molecule has 0 unspecified atom stereocenters. The highest BCUT2D eigenvalue weighted by Crippen LogP contribution is 2.18. The van der Waals surface area contributed by atoms with E-state index < -0.39 is 0 Å². The first-order valence-electron chi connectivity index (χ1n) is 5.22. The number of aromatic hydroxyl groups is 1. The van der Waals surface area contributed by atoms with Gasteiger partial charge in [0.1, 0.15) is 5.75 Å². The summed E-state index contributed by atoms with van der Waals surface area (Å²) >= 11 is 0. The van der Waals surface area contributed by atoms with Crippen LogP contribution in [0.5, 0.6) is 5.75 Å². The maximum atomic E-state index is 9.21. The van der Waals surface area contributed by atoms with Crippen LogP contribution in [0.3, 0.4) is 0 Å². The molecule has 0 fully saturated rings. The Hall–Kier alpha value is -1.81. The topological polar surface area (TPSA) is 58.3 Å². The minimum absolute atomic E-state index is 0.00125. The van der Waals surface area contributed by atoms with E-state index in [1.165, 1.54) is 0 Å². The monoisotopic (exact) mass is 218 g/mol. The predicted octanol–water partition coefficient (Wildman–Crippen LogP) is 1.63. The smallest absolute Gasteiger partial charge is 0.115 e. The van der Waals surface area contributed by atoms with E-state index in [4.69, 9.17) is 5.11 Å². The first-order valence-corrected chi connectivity index (χ1v) is 5.22.